The Kier molecular flexibility index (Phi) is 3.91. The average Bonchev–Trinajstić information content (AvgIpc) is 2.01. The Morgan fingerprint density at radius 1 is 1.33 bits per heavy atom. The van der Waals surface area contributed by atoms with Crippen molar-refractivity contribution in [3.63, 3.8) is 0 Å². The molecule has 0 aromatic rings. The highest BCUT2D eigenvalue weighted by molar-refractivity contribution is 5.88. The second-order valence-electron chi connectivity index (χ2n) is 3.95. The Labute approximate surface area is 75.0 Å². The maximum atomic E-state index is 11.6. The minimum atomic E-state index is -1.12. The molecule has 0 aliphatic carbocycles. The van der Waals surface area contributed by atoms with E-state index in [1.807, 2.05) is 34.6 Å². The summed E-state index contributed by atoms with van der Waals surface area (Å²) in [7, 11) is 0. The number of carbonyl (C=O) groups excluding carboxylic acids is 1. The van der Waals surface area contributed by atoms with Crippen molar-refractivity contribution in [3.8, 4) is 0 Å². The van der Waals surface area contributed by atoms with Gasteiger partial charge in [-0.3, -0.25) is 4.79 Å². The number of carbonyl (C=O) groups is 1. The lowest BCUT2D eigenvalue weighted by Crippen LogP contribution is -2.45. The largest absolute Gasteiger partial charge is 0.382 e. The molecule has 0 rings (SSSR count). The van der Waals surface area contributed by atoms with Crippen molar-refractivity contribution in [1.82, 2.24) is 0 Å². The van der Waals surface area contributed by atoms with Crippen molar-refractivity contribution in [3.05, 3.63) is 0 Å². The van der Waals surface area contributed by atoms with E-state index < -0.39 is 5.60 Å². The highest BCUT2D eigenvalue weighted by Gasteiger charge is 2.38. The van der Waals surface area contributed by atoms with Gasteiger partial charge in [0.1, 0.15) is 5.60 Å². The number of ketones is 1. The fraction of sp³-hybridized carbons (Fsp3) is 0.900. The predicted octanol–water partition coefficient (Wildman–Crippen LogP) is 2.01. The van der Waals surface area contributed by atoms with Crippen molar-refractivity contribution < 1.29 is 9.90 Å². The minimum Gasteiger partial charge on any atom is -0.382 e. The lowest BCUT2D eigenvalue weighted by Gasteiger charge is -2.30. The van der Waals surface area contributed by atoms with E-state index >= 15 is 0 Å². The number of hydrogen-bond donors (Lipinski definition) is 1. The van der Waals surface area contributed by atoms with Crippen LogP contribution in [-0.4, -0.2) is 16.5 Å². The maximum Gasteiger partial charge on any atom is 0.167 e. The van der Waals surface area contributed by atoms with Crippen molar-refractivity contribution in [2.75, 3.05) is 0 Å². The van der Waals surface area contributed by atoms with Crippen LogP contribution in [0.2, 0.25) is 0 Å². The molecule has 2 nitrogen and oxygen atoms in total. The molecule has 1 N–H and O–H groups in total. The van der Waals surface area contributed by atoms with Crippen LogP contribution in [-0.2, 0) is 4.79 Å². The van der Waals surface area contributed by atoms with Crippen LogP contribution in [0.25, 0.3) is 0 Å². The van der Waals surface area contributed by atoms with E-state index in [-0.39, 0.29) is 17.6 Å². The third-order valence-electron chi connectivity index (χ3n) is 2.45. The summed E-state index contributed by atoms with van der Waals surface area (Å²) in [4.78, 5) is 11.6. The van der Waals surface area contributed by atoms with Crippen molar-refractivity contribution in [2.24, 2.45) is 11.8 Å². The Morgan fingerprint density at radius 2 is 1.75 bits per heavy atom. The molecule has 0 fully saturated rings. The monoisotopic (exact) mass is 172 g/mol. The minimum absolute atomic E-state index is 0.00241. The van der Waals surface area contributed by atoms with Crippen molar-refractivity contribution >= 4 is 5.78 Å². The van der Waals surface area contributed by atoms with Crippen LogP contribution in [0.3, 0.4) is 0 Å². The van der Waals surface area contributed by atoms with Crippen molar-refractivity contribution in [2.45, 2.75) is 46.6 Å². The van der Waals surface area contributed by atoms with Crippen LogP contribution >= 0.6 is 0 Å². The molecule has 1 atom stereocenters. The standard InChI is InChI=1S/C10H20O2/c1-6-10(12,8(4)5)9(11)7(2)3/h7-8,12H,6H2,1-5H3. The Morgan fingerprint density at radius 3 is 1.83 bits per heavy atom. The van der Waals surface area contributed by atoms with Gasteiger partial charge in [0, 0.05) is 5.92 Å². The summed E-state index contributed by atoms with van der Waals surface area (Å²) in [5.41, 5.74) is -1.12. The fourth-order valence-corrected chi connectivity index (χ4v) is 1.37. The molecule has 72 valence electrons. The summed E-state index contributed by atoms with van der Waals surface area (Å²) in [5, 5.41) is 9.99. The van der Waals surface area contributed by atoms with Gasteiger partial charge in [-0.1, -0.05) is 34.6 Å². The molecule has 0 heterocycles. The first-order valence-electron chi connectivity index (χ1n) is 4.63. The molecule has 0 aliphatic rings. The van der Waals surface area contributed by atoms with Gasteiger partial charge >= 0.3 is 0 Å². The molecule has 0 saturated carbocycles. The van der Waals surface area contributed by atoms with Crippen LogP contribution < -0.4 is 0 Å². The summed E-state index contributed by atoms with van der Waals surface area (Å²) in [6, 6.07) is 0. The molecule has 0 amide bonds. The Bertz CT molecular complexity index is 161. The molecule has 0 spiro atoms. The first-order valence-corrected chi connectivity index (χ1v) is 4.63. The zero-order chi connectivity index (χ0) is 9.94. The number of hydrogen-bond acceptors (Lipinski definition) is 2. The zero-order valence-corrected chi connectivity index (χ0v) is 8.72. The van der Waals surface area contributed by atoms with Gasteiger partial charge in [-0.25, -0.2) is 0 Å². The molecule has 0 saturated heterocycles. The molecule has 0 aromatic heterocycles. The van der Waals surface area contributed by atoms with Crippen LogP contribution in [0.15, 0.2) is 0 Å². The SMILES string of the molecule is CCC(O)(C(=O)C(C)C)C(C)C. The van der Waals surface area contributed by atoms with Gasteiger partial charge in [0.25, 0.3) is 0 Å². The summed E-state index contributed by atoms with van der Waals surface area (Å²) in [6.07, 6.45) is 0.502. The first kappa shape index (κ1) is 11.6. The van der Waals surface area contributed by atoms with Gasteiger partial charge < -0.3 is 5.11 Å². The van der Waals surface area contributed by atoms with Gasteiger partial charge in [-0.05, 0) is 12.3 Å². The topological polar surface area (TPSA) is 37.3 Å². The molecule has 0 aromatic carbocycles. The van der Waals surface area contributed by atoms with E-state index in [1.165, 1.54) is 0 Å². The van der Waals surface area contributed by atoms with E-state index in [0.717, 1.165) is 0 Å². The lowest BCUT2D eigenvalue weighted by molar-refractivity contribution is -0.145. The second-order valence-corrected chi connectivity index (χ2v) is 3.95. The van der Waals surface area contributed by atoms with E-state index in [4.69, 9.17) is 0 Å². The quantitative estimate of drug-likeness (QED) is 0.704. The number of rotatable bonds is 4. The fourth-order valence-electron chi connectivity index (χ4n) is 1.37. The molecule has 0 radical (unpaired) electrons. The van der Waals surface area contributed by atoms with Crippen LogP contribution in [0.1, 0.15) is 41.0 Å². The van der Waals surface area contributed by atoms with Crippen LogP contribution in [0.4, 0.5) is 0 Å². The summed E-state index contributed by atoms with van der Waals surface area (Å²) >= 11 is 0. The van der Waals surface area contributed by atoms with E-state index in [1.54, 1.807) is 0 Å². The highest BCUT2D eigenvalue weighted by atomic mass is 16.3. The maximum absolute atomic E-state index is 11.6. The van der Waals surface area contributed by atoms with Gasteiger partial charge in [0.05, 0.1) is 0 Å². The Hall–Kier alpha value is -0.370. The van der Waals surface area contributed by atoms with E-state index in [2.05, 4.69) is 0 Å². The van der Waals surface area contributed by atoms with E-state index in [9.17, 15) is 9.90 Å². The normalized spacial score (nSPS) is 16.7. The smallest absolute Gasteiger partial charge is 0.167 e. The number of aliphatic hydroxyl groups is 1. The second kappa shape index (κ2) is 4.04. The third kappa shape index (κ3) is 2.07. The molecule has 1 unspecified atom stereocenters. The molecular formula is C10H20O2. The summed E-state index contributed by atoms with van der Waals surface area (Å²) in [5.74, 6) is -0.130. The highest BCUT2D eigenvalue weighted by Crippen LogP contribution is 2.25. The zero-order valence-electron chi connectivity index (χ0n) is 8.72. The molecule has 12 heavy (non-hydrogen) atoms. The summed E-state index contributed by atoms with van der Waals surface area (Å²) < 4.78 is 0. The Balaban J connectivity index is 4.64. The average molecular weight is 172 g/mol. The molecule has 0 bridgehead atoms. The predicted molar refractivity (Wildman–Crippen MR) is 49.9 cm³/mol. The van der Waals surface area contributed by atoms with Gasteiger partial charge in [0.2, 0.25) is 0 Å². The van der Waals surface area contributed by atoms with Crippen molar-refractivity contribution in [1.29, 1.82) is 0 Å². The molecule has 0 aliphatic heterocycles. The molecule has 2 heteroatoms. The third-order valence-corrected chi connectivity index (χ3v) is 2.45. The van der Waals surface area contributed by atoms with Crippen LogP contribution in [0.5, 0.6) is 0 Å². The lowest BCUT2D eigenvalue weighted by atomic mass is 9.80. The van der Waals surface area contributed by atoms with Gasteiger partial charge in [-0.15, -0.1) is 0 Å². The molecular weight excluding hydrogens is 152 g/mol. The van der Waals surface area contributed by atoms with Gasteiger partial charge in [-0.2, -0.15) is 0 Å². The number of Topliss-reactive ketones (excluding diaryl/α,β-unsaturated/α-hetero) is 1. The van der Waals surface area contributed by atoms with Crippen LogP contribution in [0, 0.1) is 11.8 Å². The van der Waals surface area contributed by atoms with Gasteiger partial charge in [0.15, 0.2) is 5.78 Å². The first-order chi connectivity index (χ1) is 5.36. The summed E-state index contributed by atoms with van der Waals surface area (Å²) in [6.45, 7) is 9.25. The van der Waals surface area contributed by atoms with E-state index in [0.29, 0.717) is 6.42 Å².